The van der Waals surface area contributed by atoms with Crippen molar-refractivity contribution in [3.8, 4) is 17.1 Å². The van der Waals surface area contributed by atoms with E-state index in [1.165, 1.54) is 24.8 Å². The Balaban J connectivity index is 1.35. The van der Waals surface area contributed by atoms with E-state index in [1.807, 2.05) is 42.5 Å². The van der Waals surface area contributed by atoms with Crippen molar-refractivity contribution in [3.05, 3.63) is 71.8 Å². The first kappa shape index (κ1) is 20.9. The summed E-state index contributed by atoms with van der Waals surface area (Å²) in [7, 11) is 0. The lowest BCUT2D eigenvalue weighted by molar-refractivity contribution is 0.214. The van der Waals surface area contributed by atoms with Crippen LogP contribution in [0.4, 0.5) is 0 Å². The van der Waals surface area contributed by atoms with Crippen LogP contribution < -0.4 is 0 Å². The van der Waals surface area contributed by atoms with E-state index in [9.17, 15) is 0 Å². The van der Waals surface area contributed by atoms with E-state index in [1.54, 1.807) is 11.8 Å². The SMILES string of the molecule is Cc1ccc(-c2nc(CSc3nnc(CN4CCCCC4)n3-c3ccccc3)no2)cc1. The molecule has 1 fully saturated rings. The molecular weight excluding hydrogens is 420 g/mol. The molecule has 0 bridgehead atoms. The molecule has 2 aromatic heterocycles. The zero-order chi connectivity index (χ0) is 21.8. The molecule has 7 nitrogen and oxygen atoms in total. The minimum atomic E-state index is 0.538. The number of thioether (sulfide) groups is 1. The van der Waals surface area contributed by atoms with Crippen LogP contribution in [0, 0.1) is 6.92 Å². The number of nitrogens with zero attached hydrogens (tertiary/aromatic N) is 6. The Morgan fingerprint density at radius 2 is 1.72 bits per heavy atom. The predicted octanol–water partition coefficient (Wildman–Crippen LogP) is 4.90. The van der Waals surface area contributed by atoms with Crippen LogP contribution in [0.2, 0.25) is 0 Å². The third-order valence-corrected chi connectivity index (χ3v) is 6.55. The minimum Gasteiger partial charge on any atom is -0.334 e. The third kappa shape index (κ3) is 4.76. The van der Waals surface area contributed by atoms with Crippen LogP contribution in [0.15, 0.2) is 64.3 Å². The van der Waals surface area contributed by atoms with E-state index in [-0.39, 0.29) is 0 Å². The summed E-state index contributed by atoms with van der Waals surface area (Å²) < 4.78 is 7.63. The number of piperidine rings is 1. The van der Waals surface area contributed by atoms with Gasteiger partial charge in [0, 0.05) is 11.3 Å². The van der Waals surface area contributed by atoms with Crippen molar-refractivity contribution in [2.24, 2.45) is 0 Å². The molecule has 8 heteroatoms. The van der Waals surface area contributed by atoms with Crippen LogP contribution in [-0.2, 0) is 12.3 Å². The Hall–Kier alpha value is -2.97. The summed E-state index contributed by atoms with van der Waals surface area (Å²) in [5.41, 5.74) is 3.20. The summed E-state index contributed by atoms with van der Waals surface area (Å²) >= 11 is 1.57. The van der Waals surface area contributed by atoms with Gasteiger partial charge in [0.05, 0.1) is 12.3 Å². The molecular formula is C24H26N6OS. The van der Waals surface area contributed by atoms with Gasteiger partial charge in [-0.1, -0.05) is 59.2 Å². The number of likely N-dealkylation sites (tertiary alicyclic amines) is 1. The van der Waals surface area contributed by atoms with Crippen LogP contribution in [0.5, 0.6) is 0 Å². The summed E-state index contributed by atoms with van der Waals surface area (Å²) in [6.07, 6.45) is 3.82. The molecule has 0 unspecified atom stereocenters. The first-order chi connectivity index (χ1) is 15.8. The van der Waals surface area contributed by atoms with Gasteiger partial charge in [-0.05, 0) is 57.1 Å². The molecule has 1 aliphatic rings. The zero-order valence-corrected chi connectivity index (χ0v) is 19.0. The van der Waals surface area contributed by atoms with Crippen molar-refractivity contribution in [1.82, 2.24) is 29.8 Å². The van der Waals surface area contributed by atoms with Crippen molar-refractivity contribution < 1.29 is 4.52 Å². The molecule has 3 heterocycles. The molecule has 1 aliphatic heterocycles. The molecule has 0 saturated carbocycles. The largest absolute Gasteiger partial charge is 0.334 e. The highest BCUT2D eigenvalue weighted by Crippen LogP contribution is 2.27. The van der Waals surface area contributed by atoms with Gasteiger partial charge in [-0.2, -0.15) is 4.98 Å². The quantitative estimate of drug-likeness (QED) is 0.374. The first-order valence-electron chi connectivity index (χ1n) is 11.0. The Kier molecular flexibility index (Phi) is 6.31. The van der Waals surface area contributed by atoms with Crippen LogP contribution >= 0.6 is 11.8 Å². The summed E-state index contributed by atoms with van der Waals surface area (Å²) in [6.45, 7) is 5.11. The van der Waals surface area contributed by atoms with E-state index >= 15 is 0 Å². The smallest absolute Gasteiger partial charge is 0.257 e. The predicted molar refractivity (Wildman–Crippen MR) is 125 cm³/mol. The van der Waals surface area contributed by atoms with Crippen LogP contribution in [-0.4, -0.2) is 42.9 Å². The zero-order valence-electron chi connectivity index (χ0n) is 18.1. The monoisotopic (exact) mass is 446 g/mol. The molecule has 5 rings (SSSR count). The Morgan fingerprint density at radius 3 is 2.50 bits per heavy atom. The molecule has 0 N–H and O–H groups in total. The van der Waals surface area contributed by atoms with Crippen molar-refractivity contribution in [1.29, 1.82) is 0 Å². The van der Waals surface area contributed by atoms with E-state index in [2.05, 4.69) is 48.9 Å². The summed E-state index contributed by atoms with van der Waals surface area (Å²) in [5.74, 6) is 2.71. The number of aryl methyl sites for hydroxylation is 1. The van der Waals surface area contributed by atoms with Crippen molar-refractivity contribution in [3.63, 3.8) is 0 Å². The number of aromatic nitrogens is 5. The van der Waals surface area contributed by atoms with Crippen molar-refractivity contribution >= 4 is 11.8 Å². The van der Waals surface area contributed by atoms with E-state index in [0.29, 0.717) is 17.5 Å². The topological polar surface area (TPSA) is 72.9 Å². The number of hydrogen-bond acceptors (Lipinski definition) is 7. The van der Waals surface area contributed by atoms with Crippen LogP contribution in [0.3, 0.4) is 0 Å². The molecule has 0 radical (unpaired) electrons. The summed E-state index contributed by atoms with van der Waals surface area (Å²) in [6, 6.07) is 18.4. The van der Waals surface area contributed by atoms with Gasteiger partial charge in [0.25, 0.3) is 5.89 Å². The van der Waals surface area contributed by atoms with Gasteiger partial charge in [-0.3, -0.25) is 9.47 Å². The molecule has 0 atom stereocenters. The maximum atomic E-state index is 5.48. The lowest BCUT2D eigenvalue weighted by Crippen LogP contribution is -2.30. The van der Waals surface area contributed by atoms with Gasteiger partial charge in [0.15, 0.2) is 16.8 Å². The van der Waals surface area contributed by atoms with E-state index in [0.717, 1.165) is 41.9 Å². The van der Waals surface area contributed by atoms with Gasteiger partial charge >= 0.3 is 0 Å². The van der Waals surface area contributed by atoms with Crippen molar-refractivity contribution in [2.45, 2.75) is 43.6 Å². The minimum absolute atomic E-state index is 0.538. The van der Waals surface area contributed by atoms with Gasteiger partial charge in [0.1, 0.15) is 0 Å². The molecule has 0 aliphatic carbocycles. The molecule has 164 valence electrons. The first-order valence-corrected chi connectivity index (χ1v) is 12.0. The number of benzene rings is 2. The normalized spacial score (nSPS) is 14.7. The Bertz CT molecular complexity index is 1150. The lowest BCUT2D eigenvalue weighted by atomic mass is 10.1. The third-order valence-electron chi connectivity index (χ3n) is 5.63. The molecule has 4 aromatic rings. The average molecular weight is 447 g/mol. The van der Waals surface area contributed by atoms with Crippen molar-refractivity contribution in [2.75, 3.05) is 13.1 Å². The Morgan fingerprint density at radius 1 is 0.938 bits per heavy atom. The van der Waals surface area contributed by atoms with E-state index in [4.69, 9.17) is 4.52 Å². The summed E-state index contributed by atoms with van der Waals surface area (Å²) in [5, 5.41) is 14.1. The van der Waals surface area contributed by atoms with E-state index < -0.39 is 0 Å². The number of hydrogen-bond donors (Lipinski definition) is 0. The average Bonchev–Trinajstić information content (AvgIpc) is 3.47. The fraction of sp³-hybridized carbons (Fsp3) is 0.333. The fourth-order valence-corrected chi connectivity index (χ4v) is 4.72. The van der Waals surface area contributed by atoms with Crippen LogP contribution in [0.1, 0.15) is 36.5 Å². The van der Waals surface area contributed by atoms with Gasteiger partial charge < -0.3 is 4.52 Å². The number of rotatable bonds is 7. The highest BCUT2D eigenvalue weighted by atomic mass is 32.2. The maximum Gasteiger partial charge on any atom is 0.257 e. The second kappa shape index (κ2) is 9.67. The van der Waals surface area contributed by atoms with Crippen LogP contribution in [0.25, 0.3) is 17.1 Å². The highest BCUT2D eigenvalue weighted by molar-refractivity contribution is 7.98. The standard InChI is InChI=1S/C24H26N6OS/c1-18-10-12-19(13-11-18)23-25-21(28-31-23)17-32-24-27-26-22(16-29-14-6-3-7-15-29)30(24)20-8-4-2-5-9-20/h2,4-5,8-13H,3,6-7,14-17H2,1H3. The lowest BCUT2D eigenvalue weighted by Gasteiger charge is -2.26. The molecule has 1 saturated heterocycles. The molecule has 32 heavy (non-hydrogen) atoms. The summed E-state index contributed by atoms with van der Waals surface area (Å²) in [4.78, 5) is 7.03. The molecule has 2 aromatic carbocycles. The highest BCUT2D eigenvalue weighted by Gasteiger charge is 2.19. The second-order valence-corrected chi connectivity index (χ2v) is 9.02. The van der Waals surface area contributed by atoms with Gasteiger partial charge in [-0.25, -0.2) is 0 Å². The number of para-hydroxylation sites is 1. The maximum absolute atomic E-state index is 5.48. The molecule has 0 amide bonds. The van der Waals surface area contributed by atoms with Gasteiger partial charge in [0.2, 0.25) is 0 Å². The van der Waals surface area contributed by atoms with Gasteiger partial charge in [-0.15, -0.1) is 10.2 Å². The Labute approximate surface area is 191 Å². The molecule has 0 spiro atoms. The second-order valence-electron chi connectivity index (χ2n) is 8.08. The fourth-order valence-electron chi connectivity index (χ4n) is 3.91.